The van der Waals surface area contributed by atoms with Crippen LogP contribution in [0.25, 0.3) is 0 Å². The van der Waals surface area contributed by atoms with E-state index in [1.165, 1.54) is 0 Å². The van der Waals surface area contributed by atoms with Crippen molar-refractivity contribution < 1.29 is 14.6 Å². The maximum Gasteiger partial charge on any atom is 0.242 e. The van der Waals surface area contributed by atoms with Gasteiger partial charge in [-0.2, -0.15) is 0 Å². The van der Waals surface area contributed by atoms with Gasteiger partial charge in [0, 0.05) is 31.5 Å². The summed E-state index contributed by atoms with van der Waals surface area (Å²) in [7, 11) is 0. The normalized spacial score (nSPS) is 30.3. The lowest BCUT2D eigenvalue weighted by Gasteiger charge is -2.56. The van der Waals surface area contributed by atoms with Crippen LogP contribution in [0.3, 0.4) is 0 Å². The van der Waals surface area contributed by atoms with Crippen LogP contribution in [0, 0.1) is 5.41 Å². The lowest BCUT2D eigenvalue weighted by molar-refractivity contribution is -0.210. The predicted molar refractivity (Wildman–Crippen MR) is 72.6 cm³/mol. The summed E-state index contributed by atoms with van der Waals surface area (Å²) < 4.78 is 5.72. The zero-order valence-corrected chi connectivity index (χ0v) is 12.2. The number of aliphatic hydroxyl groups is 1. The number of hydrogen-bond acceptors (Lipinski definition) is 4. The van der Waals surface area contributed by atoms with E-state index in [0.29, 0.717) is 19.7 Å². The second-order valence-electron chi connectivity index (χ2n) is 6.44. The summed E-state index contributed by atoms with van der Waals surface area (Å²) in [6, 6.07) is 0. The van der Waals surface area contributed by atoms with E-state index in [-0.39, 0.29) is 23.5 Å². The van der Waals surface area contributed by atoms with Crippen LogP contribution in [0.4, 0.5) is 0 Å². The van der Waals surface area contributed by atoms with E-state index in [1.54, 1.807) is 13.8 Å². The number of likely N-dealkylation sites (tertiary alicyclic amines) is 1. The maximum absolute atomic E-state index is 12.1. The first-order valence-corrected chi connectivity index (χ1v) is 7.19. The van der Waals surface area contributed by atoms with Crippen LogP contribution in [0.15, 0.2) is 0 Å². The molecule has 0 aromatic heterocycles. The van der Waals surface area contributed by atoms with Crippen LogP contribution < -0.4 is 5.73 Å². The van der Waals surface area contributed by atoms with E-state index >= 15 is 0 Å². The molecule has 5 heteroatoms. The minimum Gasteiger partial charge on any atom is -0.392 e. The summed E-state index contributed by atoms with van der Waals surface area (Å²) in [6.45, 7) is 7.47. The van der Waals surface area contributed by atoms with Crippen LogP contribution >= 0.6 is 0 Å². The number of ether oxygens (including phenoxy) is 1. The summed E-state index contributed by atoms with van der Waals surface area (Å²) >= 11 is 0. The highest BCUT2D eigenvalue weighted by molar-refractivity contribution is 5.85. The lowest BCUT2D eigenvalue weighted by atomic mass is 9.58. The number of rotatable bonds is 3. The molecular formula is C14H26N2O3. The monoisotopic (exact) mass is 270 g/mol. The molecule has 1 amide bonds. The second kappa shape index (κ2) is 5.04. The Morgan fingerprint density at radius 1 is 1.47 bits per heavy atom. The fourth-order valence-corrected chi connectivity index (χ4v) is 3.35. The van der Waals surface area contributed by atoms with E-state index in [4.69, 9.17) is 10.5 Å². The standard InChI is InChI=1S/C14H26N2O3/c1-4-19-11-9-10(17)14(11)5-7-16(8-6-14)12(18)13(2,3)15/h10-11,17H,4-9,15H2,1-3H3. The molecule has 3 N–H and O–H groups in total. The molecule has 0 bridgehead atoms. The molecule has 2 fully saturated rings. The summed E-state index contributed by atoms with van der Waals surface area (Å²) in [5.41, 5.74) is 4.91. The van der Waals surface area contributed by atoms with Gasteiger partial charge in [0.2, 0.25) is 5.91 Å². The van der Waals surface area contributed by atoms with E-state index in [1.807, 2.05) is 11.8 Å². The van der Waals surface area contributed by atoms with E-state index < -0.39 is 5.54 Å². The largest absolute Gasteiger partial charge is 0.392 e. The molecular weight excluding hydrogens is 244 g/mol. The van der Waals surface area contributed by atoms with E-state index in [2.05, 4.69) is 0 Å². The number of aliphatic hydroxyl groups excluding tert-OH is 1. The van der Waals surface area contributed by atoms with Gasteiger partial charge in [-0.05, 0) is 33.6 Å². The van der Waals surface area contributed by atoms with Crippen molar-refractivity contribution in [3.63, 3.8) is 0 Å². The molecule has 2 unspecified atom stereocenters. The first kappa shape index (κ1) is 14.8. The third-order valence-electron chi connectivity index (χ3n) is 4.64. The maximum atomic E-state index is 12.1. The molecule has 0 aromatic carbocycles. The molecule has 1 spiro atoms. The Bertz CT molecular complexity index is 341. The molecule has 19 heavy (non-hydrogen) atoms. The van der Waals surface area contributed by atoms with Gasteiger partial charge in [0.15, 0.2) is 0 Å². The SMILES string of the molecule is CCOC1CC(O)C12CCN(C(=O)C(C)(C)N)CC2. The van der Waals surface area contributed by atoms with Crippen molar-refractivity contribution in [2.24, 2.45) is 11.1 Å². The molecule has 1 heterocycles. The summed E-state index contributed by atoms with van der Waals surface area (Å²) in [5.74, 6) is -0.0101. The van der Waals surface area contributed by atoms with Gasteiger partial charge < -0.3 is 20.5 Å². The summed E-state index contributed by atoms with van der Waals surface area (Å²) in [6.07, 6.45) is 2.20. The van der Waals surface area contributed by atoms with Crippen molar-refractivity contribution in [2.75, 3.05) is 19.7 Å². The zero-order chi connectivity index (χ0) is 14.3. The van der Waals surface area contributed by atoms with Gasteiger partial charge in [-0.3, -0.25) is 4.79 Å². The highest BCUT2D eigenvalue weighted by atomic mass is 16.5. The van der Waals surface area contributed by atoms with Crippen molar-refractivity contribution >= 4 is 5.91 Å². The fourth-order valence-electron chi connectivity index (χ4n) is 3.35. The molecule has 110 valence electrons. The average molecular weight is 270 g/mol. The predicted octanol–water partition coefficient (Wildman–Crippen LogP) is 0.502. The summed E-state index contributed by atoms with van der Waals surface area (Å²) in [5, 5.41) is 10.1. The molecule has 1 aliphatic heterocycles. The van der Waals surface area contributed by atoms with Crippen molar-refractivity contribution in [3.8, 4) is 0 Å². The van der Waals surface area contributed by atoms with Gasteiger partial charge in [-0.25, -0.2) is 0 Å². The Hall–Kier alpha value is -0.650. The number of carbonyl (C=O) groups is 1. The van der Waals surface area contributed by atoms with Crippen LogP contribution in [-0.4, -0.2) is 53.4 Å². The van der Waals surface area contributed by atoms with Gasteiger partial charge in [0.25, 0.3) is 0 Å². The first-order chi connectivity index (χ1) is 8.81. The van der Waals surface area contributed by atoms with Gasteiger partial charge in [-0.15, -0.1) is 0 Å². The Kier molecular flexibility index (Phi) is 3.91. The highest BCUT2D eigenvalue weighted by Gasteiger charge is 2.56. The first-order valence-electron chi connectivity index (χ1n) is 7.19. The molecule has 1 saturated carbocycles. The Morgan fingerprint density at radius 3 is 2.47 bits per heavy atom. The topological polar surface area (TPSA) is 75.8 Å². The number of nitrogens with zero attached hydrogens (tertiary/aromatic N) is 1. The number of nitrogens with two attached hydrogens (primary N) is 1. The average Bonchev–Trinajstić information content (AvgIpc) is 2.37. The van der Waals surface area contributed by atoms with Crippen molar-refractivity contribution in [3.05, 3.63) is 0 Å². The Labute approximate surface area is 115 Å². The molecule has 5 nitrogen and oxygen atoms in total. The fraction of sp³-hybridized carbons (Fsp3) is 0.929. The van der Waals surface area contributed by atoms with Crippen LogP contribution in [0.2, 0.25) is 0 Å². The quantitative estimate of drug-likeness (QED) is 0.783. The van der Waals surface area contributed by atoms with Gasteiger partial charge in [0.1, 0.15) is 0 Å². The lowest BCUT2D eigenvalue weighted by Crippen LogP contribution is -2.64. The number of carbonyl (C=O) groups excluding carboxylic acids is 1. The van der Waals surface area contributed by atoms with Crippen molar-refractivity contribution in [2.45, 2.75) is 57.8 Å². The van der Waals surface area contributed by atoms with Crippen molar-refractivity contribution in [1.29, 1.82) is 0 Å². The van der Waals surface area contributed by atoms with Crippen LogP contribution in [0.1, 0.15) is 40.0 Å². The number of hydrogen-bond donors (Lipinski definition) is 2. The molecule has 0 aromatic rings. The van der Waals surface area contributed by atoms with Gasteiger partial charge in [-0.1, -0.05) is 0 Å². The zero-order valence-electron chi connectivity index (χ0n) is 12.2. The molecule has 1 aliphatic carbocycles. The molecule has 1 saturated heterocycles. The number of amides is 1. The van der Waals surface area contributed by atoms with Crippen molar-refractivity contribution in [1.82, 2.24) is 4.90 Å². The molecule has 0 radical (unpaired) electrons. The number of piperidine rings is 1. The van der Waals surface area contributed by atoms with Gasteiger partial charge in [0.05, 0.1) is 17.7 Å². The Morgan fingerprint density at radius 2 is 2.05 bits per heavy atom. The van der Waals surface area contributed by atoms with Crippen LogP contribution in [0.5, 0.6) is 0 Å². The highest BCUT2D eigenvalue weighted by Crippen LogP contribution is 2.51. The molecule has 2 rings (SSSR count). The smallest absolute Gasteiger partial charge is 0.242 e. The summed E-state index contributed by atoms with van der Waals surface area (Å²) in [4.78, 5) is 14.0. The van der Waals surface area contributed by atoms with E-state index in [9.17, 15) is 9.90 Å². The minimum absolute atomic E-state index is 0.0101. The minimum atomic E-state index is -0.817. The second-order valence-corrected chi connectivity index (χ2v) is 6.44. The third kappa shape index (κ3) is 2.51. The third-order valence-corrected chi connectivity index (χ3v) is 4.64. The van der Waals surface area contributed by atoms with Crippen LogP contribution in [-0.2, 0) is 9.53 Å². The van der Waals surface area contributed by atoms with E-state index in [0.717, 1.165) is 19.3 Å². The molecule has 2 aliphatic rings. The Balaban J connectivity index is 1.97. The van der Waals surface area contributed by atoms with Gasteiger partial charge >= 0.3 is 0 Å². The molecule has 2 atom stereocenters.